The Kier molecular flexibility index (Phi) is 3.93. The minimum absolute atomic E-state index is 0.299. The van der Waals surface area contributed by atoms with Crippen molar-refractivity contribution in [2.75, 3.05) is 0 Å². The van der Waals surface area contributed by atoms with E-state index in [1.165, 1.54) is 0 Å². The van der Waals surface area contributed by atoms with Gasteiger partial charge in [0.05, 0.1) is 39.9 Å². The van der Waals surface area contributed by atoms with Crippen LogP contribution in [0.4, 0.5) is 0 Å². The lowest BCUT2D eigenvalue weighted by Gasteiger charge is -2.08. The molecule has 8 bridgehead atoms. The monoisotopic (exact) mass is 402 g/mol. The number of hydrogen-bond acceptors (Lipinski definition) is 5. The molecule has 2 N–H and O–H groups in total. The highest BCUT2D eigenvalue weighted by atomic mass is 16.3. The van der Waals surface area contributed by atoms with E-state index in [2.05, 4.69) is 22.4 Å². The van der Waals surface area contributed by atoms with E-state index < -0.39 is 0 Å². The average molecular weight is 402 g/mol. The van der Waals surface area contributed by atoms with Crippen LogP contribution in [-0.4, -0.2) is 22.2 Å². The smallest absolute Gasteiger partial charge is 0.122 e. The fourth-order valence-electron chi connectivity index (χ4n) is 4.03. The zero-order valence-electron chi connectivity index (χ0n) is 16.6. The fourth-order valence-corrected chi connectivity index (χ4v) is 4.03. The molecule has 0 saturated heterocycles. The van der Waals surface area contributed by atoms with Crippen LogP contribution < -0.4 is 5.32 Å². The molecule has 5 aliphatic rings. The SMILES string of the molecule is OC1=C2C=C3C=CC(=N3)C(c3ccccc3)=C3C=CC(=N3)C=C3C=CC(=N3)C=C(C1)N2. The molecule has 5 heterocycles. The quantitative estimate of drug-likeness (QED) is 0.704. The van der Waals surface area contributed by atoms with Crippen molar-refractivity contribution in [1.82, 2.24) is 5.32 Å². The van der Waals surface area contributed by atoms with Gasteiger partial charge in [-0.3, -0.25) is 0 Å². The largest absolute Gasteiger partial charge is 0.510 e. The summed E-state index contributed by atoms with van der Waals surface area (Å²) in [5, 5.41) is 13.7. The minimum atomic E-state index is 0.299. The third-order valence-electron chi connectivity index (χ3n) is 5.45. The van der Waals surface area contributed by atoms with Crippen molar-refractivity contribution in [3.05, 3.63) is 125 Å². The van der Waals surface area contributed by atoms with Gasteiger partial charge in [-0.1, -0.05) is 30.3 Å². The first kappa shape index (κ1) is 17.6. The van der Waals surface area contributed by atoms with E-state index in [1.54, 1.807) is 0 Å². The summed E-state index contributed by atoms with van der Waals surface area (Å²) in [7, 11) is 0. The highest BCUT2D eigenvalue weighted by Crippen LogP contribution is 2.30. The summed E-state index contributed by atoms with van der Waals surface area (Å²) in [6.45, 7) is 0. The Morgan fingerprint density at radius 2 is 1.52 bits per heavy atom. The first-order chi connectivity index (χ1) is 15.2. The van der Waals surface area contributed by atoms with Crippen LogP contribution in [-0.2, 0) is 0 Å². The van der Waals surface area contributed by atoms with E-state index in [0.29, 0.717) is 17.9 Å². The highest BCUT2D eigenvalue weighted by Gasteiger charge is 2.21. The molecular formula is C26H18N4O. The summed E-state index contributed by atoms with van der Waals surface area (Å²) in [5.74, 6) is 0.299. The van der Waals surface area contributed by atoms with Crippen LogP contribution in [0.15, 0.2) is 134 Å². The molecular weight excluding hydrogens is 384 g/mol. The van der Waals surface area contributed by atoms with Gasteiger partial charge in [0.25, 0.3) is 0 Å². The topological polar surface area (TPSA) is 69.3 Å². The number of nitrogens with one attached hydrogen (secondary N) is 1. The van der Waals surface area contributed by atoms with Crippen LogP contribution in [0.1, 0.15) is 12.0 Å². The standard InChI is InChI=1S/C26H18N4O/c31-25-15-21-13-18-7-6-17(27-18)12-19-8-10-22(28-19)26(16-4-2-1-3-5-16)23-11-9-20(29-23)14-24(25)30-21/h1-14,30-31H,15H2. The summed E-state index contributed by atoms with van der Waals surface area (Å²) < 4.78 is 0. The van der Waals surface area contributed by atoms with Gasteiger partial charge in [-0.15, -0.1) is 0 Å². The number of allylic oxidation sites excluding steroid dienone is 10. The Morgan fingerprint density at radius 3 is 2.42 bits per heavy atom. The second-order valence-electron chi connectivity index (χ2n) is 7.67. The van der Waals surface area contributed by atoms with E-state index in [0.717, 1.165) is 51.1 Å². The Balaban J connectivity index is 1.56. The zero-order valence-corrected chi connectivity index (χ0v) is 16.6. The third-order valence-corrected chi connectivity index (χ3v) is 5.45. The number of hydrogen-bond donors (Lipinski definition) is 2. The van der Waals surface area contributed by atoms with Gasteiger partial charge in [-0.2, -0.15) is 0 Å². The Labute approximate surface area is 179 Å². The molecule has 1 aromatic carbocycles. The van der Waals surface area contributed by atoms with Crippen molar-refractivity contribution >= 4 is 22.7 Å². The fraction of sp³-hybridized carbons (Fsp3) is 0.0385. The Hall–Kier alpha value is -4.25. The lowest BCUT2D eigenvalue weighted by molar-refractivity contribution is 0.401. The number of aliphatic hydroxyl groups excluding tert-OH is 1. The molecule has 0 fully saturated rings. The van der Waals surface area contributed by atoms with Crippen molar-refractivity contribution < 1.29 is 5.11 Å². The summed E-state index contributed by atoms with van der Waals surface area (Å²) in [6, 6.07) is 10.2. The molecule has 0 saturated carbocycles. The molecule has 148 valence electrons. The van der Waals surface area contributed by atoms with Gasteiger partial charge in [0.2, 0.25) is 0 Å². The van der Waals surface area contributed by atoms with E-state index in [1.807, 2.05) is 72.9 Å². The van der Waals surface area contributed by atoms with Crippen molar-refractivity contribution in [3.8, 4) is 0 Å². The molecule has 1 aromatic rings. The van der Waals surface area contributed by atoms with Crippen LogP contribution in [0.2, 0.25) is 0 Å². The molecule has 0 amide bonds. The van der Waals surface area contributed by atoms with Crippen molar-refractivity contribution in [2.24, 2.45) is 15.0 Å². The maximum absolute atomic E-state index is 10.4. The second-order valence-corrected chi connectivity index (χ2v) is 7.67. The predicted octanol–water partition coefficient (Wildman–Crippen LogP) is 4.86. The molecule has 0 unspecified atom stereocenters. The summed E-state index contributed by atoms with van der Waals surface area (Å²) in [6.07, 6.45) is 18.2. The van der Waals surface area contributed by atoms with Gasteiger partial charge in [0.1, 0.15) is 5.76 Å². The Bertz CT molecular complexity index is 1350. The van der Waals surface area contributed by atoms with Gasteiger partial charge in [-0.25, -0.2) is 15.0 Å². The molecule has 0 radical (unpaired) electrons. The average Bonchev–Trinajstić information content (AvgIpc) is 3.55. The number of aliphatic imine (C=N–C) groups is 3. The van der Waals surface area contributed by atoms with Gasteiger partial charge in [0, 0.05) is 17.7 Å². The maximum Gasteiger partial charge on any atom is 0.122 e. The third kappa shape index (κ3) is 3.26. The van der Waals surface area contributed by atoms with E-state index in [-0.39, 0.29) is 0 Å². The second kappa shape index (κ2) is 6.92. The molecule has 5 heteroatoms. The first-order valence-corrected chi connectivity index (χ1v) is 10.1. The van der Waals surface area contributed by atoms with Gasteiger partial charge in [-0.05, 0) is 60.2 Å². The van der Waals surface area contributed by atoms with E-state index in [9.17, 15) is 5.11 Å². The van der Waals surface area contributed by atoms with Crippen LogP contribution in [0.25, 0.3) is 5.57 Å². The number of nitrogens with zero attached hydrogens (tertiary/aromatic N) is 3. The molecule has 0 aliphatic carbocycles. The zero-order chi connectivity index (χ0) is 20.8. The summed E-state index contributed by atoms with van der Waals surface area (Å²) in [4.78, 5) is 14.4. The number of benzene rings is 1. The Morgan fingerprint density at radius 1 is 0.742 bits per heavy atom. The minimum Gasteiger partial charge on any atom is -0.510 e. The van der Waals surface area contributed by atoms with Crippen LogP contribution in [0, 0.1) is 0 Å². The molecule has 5 nitrogen and oxygen atoms in total. The number of fused-ring (bicyclic) bond motifs is 5. The lowest BCUT2D eigenvalue weighted by Crippen LogP contribution is -2.06. The molecule has 0 atom stereocenters. The van der Waals surface area contributed by atoms with Gasteiger partial charge < -0.3 is 10.4 Å². The first-order valence-electron chi connectivity index (χ1n) is 10.1. The van der Waals surface area contributed by atoms with Crippen molar-refractivity contribution in [3.63, 3.8) is 0 Å². The number of rotatable bonds is 1. The van der Waals surface area contributed by atoms with E-state index >= 15 is 0 Å². The predicted molar refractivity (Wildman–Crippen MR) is 125 cm³/mol. The van der Waals surface area contributed by atoms with Crippen molar-refractivity contribution in [2.45, 2.75) is 6.42 Å². The molecule has 0 spiro atoms. The maximum atomic E-state index is 10.4. The van der Waals surface area contributed by atoms with Gasteiger partial charge in [0.15, 0.2) is 0 Å². The van der Waals surface area contributed by atoms with Crippen LogP contribution in [0.5, 0.6) is 0 Å². The van der Waals surface area contributed by atoms with Crippen LogP contribution in [0.3, 0.4) is 0 Å². The normalized spacial score (nSPS) is 21.0. The van der Waals surface area contributed by atoms with Crippen molar-refractivity contribution in [1.29, 1.82) is 0 Å². The summed E-state index contributed by atoms with van der Waals surface area (Å²) >= 11 is 0. The van der Waals surface area contributed by atoms with E-state index in [4.69, 9.17) is 9.98 Å². The molecule has 6 rings (SSSR count). The molecule has 0 aromatic heterocycles. The number of aliphatic hydroxyl groups is 1. The molecule has 5 aliphatic heterocycles. The summed E-state index contributed by atoms with van der Waals surface area (Å²) in [5.41, 5.74) is 8.62. The van der Waals surface area contributed by atoms with Gasteiger partial charge >= 0.3 is 0 Å². The lowest BCUT2D eigenvalue weighted by atomic mass is 9.99. The van der Waals surface area contributed by atoms with Crippen LogP contribution >= 0.6 is 0 Å². The molecule has 31 heavy (non-hydrogen) atoms. The highest BCUT2D eigenvalue weighted by molar-refractivity contribution is 6.32.